The number of likely N-dealkylation sites (tertiary alicyclic amines) is 1. The number of fused-ring (bicyclic) bond motifs is 1. The second-order valence-electron chi connectivity index (χ2n) is 12.0. The fraction of sp³-hybridized carbons (Fsp3) is 0.621. The maximum Gasteiger partial charge on any atom is 0.310 e. The Morgan fingerprint density at radius 1 is 1.29 bits per heavy atom. The molecule has 0 spiro atoms. The number of halogens is 3. The van der Waals surface area contributed by atoms with Crippen molar-refractivity contribution in [1.82, 2.24) is 24.8 Å². The van der Waals surface area contributed by atoms with Gasteiger partial charge in [-0.1, -0.05) is 36.6 Å². The van der Waals surface area contributed by atoms with Crippen LogP contribution in [0.15, 0.2) is 12.1 Å². The van der Waals surface area contributed by atoms with Crippen molar-refractivity contribution in [2.45, 2.75) is 71.4 Å². The summed E-state index contributed by atoms with van der Waals surface area (Å²) in [5.41, 5.74) is -0.221. The summed E-state index contributed by atoms with van der Waals surface area (Å²) in [5, 5.41) is 18.1. The van der Waals surface area contributed by atoms with Crippen LogP contribution < -0.4 is 4.74 Å². The topological polar surface area (TPSA) is 118 Å². The fourth-order valence-corrected chi connectivity index (χ4v) is 7.08. The minimum atomic E-state index is -2.80. The van der Waals surface area contributed by atoms with Gasteiger partial charge in [0.25, 0.3) is 6.43 Å². The van der Waals surface area contributed by atoms with Crippen LogP contribution in [0.2, 0.25) is 5.02 Å². The Kier molecular flexibility index (Phi) is 8.46. The molecule has 2 amide bonds. The van der Waals surface area contributed by atoms with Crippen molar-refractivity contribution >= 4 is 29.4 Å². The summed E-state index contributed by atoms with van der Waals surface area (Å²) in [5.74, 6) is -1.53. The molecule has 228 valence electrons. The number of carbonyl (C=O) groups excluding carboxylic acids is 2. The maximum absolute atomic E-state index is 14.3. The molecule has 5 rings (SSSR count). The molecular formula is C29H36ClF2N5O5. The molecule has 2 aromatic rings. The summed E-state index contributed by atoms with van der Waals surface area (Å²) in [4.78, 5) is 43.0. The summed E-state index contributed by atoms with van der Waals surface area (Å²) >= 11 is 6.66. The Morgan fingerprint density at radius 2 is 2.05 bits per heavy atom. The van der Waals surface area contributed by atoms with Gasteiger partial charge in [-0.15, -0.1) is 5.10 Å². The number of carboxylic acids is 1. The summed E-state index contributed by atoms with van der Waals surface area (Å²) in [6.45, 7) is 4.34. The van der Waals surface area contributed by atoms with Gasteiger partial charge in [0.05, 0.1) is 17.4 Å². The smallest absolute Gasteiger partial charge is 0.310 e. The minimum absolute atomic E-state index is 0.0144. The monoisotopic (exact) mass is 607 g/mol. The van der Waals surface area contributed by atoms with Gasteiger partial charge in [-0.3, -0.25) is 14.4 Å². The van der Waals surface area contributed by atoms with E-state index in [4.69, 9.17) is 16.3 Å². The Balaban J connectivity index is 1.54. The van der Waals surface area contributed by atoms with E-state index in [1.54, 1.807) is 28.9 Å². The third kappa shape index (κ3) is 5.45. The lowest BCUT2D eigenvalue weighted by Gasteiger charge is -2.45. The van der Waals surface area contributed by atoms with Crippen LogP contribution in [0.5, 0.6) is 5.75 Å². The zero-order valence-electron chi connectivity index (χ0n) is 24.0. The van der Waals surface area contributed by atoms with E-state index in [-0.39, 0.29) is 42.3 Å². The Bertz CT molecular complexity index is 1390. The van der Waals surface area contributed by atoms with E-state index >= 15 is 0 Å². The summed E-state index contributed by atoms with van der Waals surface area (Å²) in [7, 11) is 1.38. The number of hydrogen-bond acceptors (Lipinski definition) is 6. The van der Waals surface area contributed by atoms with E-state index in [1.165, 1.54) is 7.05 Å². The molecule has 1 aliphatic carbocycles. The number of aliphatic carboxylic acids is 1. The first-order chi connectivity index (χ1) is 19.9. The normalized spacial score (nSPS) is 26.1. The second kappa shape index (κ2) is 11.8. The molecule has 4 atom stereocenters. The van der Waals surface area contributed by atoms with E-state index in [0.717, 1.165) is 23.1 Å². The molecule has 1 aromatic carbocycles. The van der Waals surface area contributed by atoms with Gasteiger partial charge < -0.3 is 19.6 Å². The van der Waals surface area contributed by atoms with Crippen LogP contribution in [0.25, 0.3) is 0 Å². The standard InChI is InChI=1S/C29H36ClF2N5O5/c1-16-12-23(38)36(13-16)14-21-24-17(9-11-37(21)27(39)18-6-4-5-10-29(18,2)28(40)41)19(30)7-8-22(24)42-15-20-25(26(31)32)35(3)34-33-20/h7-8,16,18,21,26H,4-6,9-15H2,1-3H3,(H,40,41)/t16-,18-,21-,29+/m1/s1. The van der Waals surface area contributed by atoms with Gasteiger partial charge in [-0.2, -0.15) is 0 Å². The van der Waals surface area contributed by atoms with Crippen molar-refractivity contribution in [2.24, 2.45) is 24.3 Å². The van der Waals surface area contributed by atoms with Gasteiger partial charge in [0, 0.05) is 43.7 Å². The predicted octanol–water partition coefficient (Wildman–Crippen LogP) is 4.56. The number of benzene rings is 1. The number of aryl methyl sites for hydroxylation is 1. The van der Waals surface area contributed by atoms with Crippen LogP contribution in [-0.2, 0) is 34.5 Å². The Labute approximate surface area is 247 Å². The molecule has 3 heterocycles. The highest BCUT2D eigenvalue weighted by atomic mass is 35.5. The number of carbonyl (C=O) groups is 3. The van der Waals surface area contributed by atoms with Gasteiger partial charge in [0.2, 0.25) is 11.8 Å². The number of alkyl halides is 2. The fourth-order valence-electron chi connectivity index (χ4n) is 6.82. The first kappa shape index (κ1) is 30.2. The van der Waals surface area contributed by atoms with Crippen molar-refractivity contribution in [1.29, 1.82) is 0 Å². The molecular weight excluding hydrogens is 572 g/mol. The molecule has 42 heavy (non-hydrogen) atoms. The minimum Gasteiger partial charge on any atom is -0.487 e. The Hall–Kier alpha value is -3.28. The Morgan fingerprint density at radius 3 is 2.71 bits per heavy atom. The third-order valence-electron chi connectivity index (χ3n) is 9.17. The second-order valence-corrected chi connectivity index (χ2v) is 12.4. The van der Waals surface area contributed by atoms with Crippen LogP contribution in [0.1, 0.15) is 80.9 Å². The molecule has 0 unspecified atom stereocenters. The molecule has 0 radical (unpaired) electrons. The lowest BCUT2D eigenvalue weighted by Crippen LogP contribution is -2.52. The molecule has 1 N–H and O–H groups in total. The number of amides is 2. The average Bonchev–Trinajstić information content (AvgIpc) is 3.47. The molecule has 3 aliphatic rings. The molecule has 2 aliphatic heterocycles. The first-order valence-electron chi connectivity index (χ1n) is 14.3. The van der Waals surface area contributed by atoms with Crippen molar-refractivity contribution < 1.29 is 33.0 Å². The van der Waals surface area contributed by atoms with Gasteiger partial charge in [0.15, 0.2) is 0 Å². The van der Waals surface area contributed by atoms with Crippen LogP contribution in [0.3, 0.4) is 0 Å². The summed E-state index contributed by atoms with van der Waals surface area (Å²) in [6.07, 6.45) is 0.333. The quantitative estimate of drug-likeness (QED) is 0.467. The molecule has 1 saturated carbocycles. The molecule has 2 fully saturated rings. The number of ether oxygens (including phenoxy) is 1. The zero-order chi connectivity index (χ0) is 30.3. The predicted molar refractivity (Wildman–Crippen MR) is 148 cm³/mol. The molecule has 1 saturated heterocycles. The van der Waals surface area contributed by atoms with E-state index < -0.39 is 29.8 Å². The summed E-state index contributed by atoms with van der Waals surface area (Å²) < 4.78 is 34.5. The molecule has 13 heteroatoms. The lowest BCUT2D eigenvalue weighted by atomic mass is 9.66. The highest BCUT2D eigenvalue weighted by Crippen LogP contribution is 2.46. The van der Waals surface area contributed by atoms with Gasteiger partial charge in [0.1, 0.15) is 23.7 Å². The molecule has 1 aromatic heterocycles. The maximum atomic E-state index is 14.3. The van der Waals surface area contributed by atoms with Gasteiger partial charge in [-0.05, 0) is 49.8 Å². The van der Waals surface area contributed by atoms with Gasteiger partial charge in [-0.25, -0.2) is 13.5 Å². The number of aromatic nitrogens is 3. The largest absolute Gasteiger partial charge is 0.487 e. The number of nitrogens with zero attached hydrogens (tertiary/aromatic N) is 5. The van der Waals surface area contributed by atoms with Crippen molar-refractivity contribution in [3.63, 3.8) is 0 Å². The van der Waals surface area contributed by atoms with E-state index in [1.807, 2.05) is 6.92 Å². The number of rotatable bonds is 8. The van der Waals surface area contributed by atoms with Crippen molar-refractivity contribution in [3.05, 3.63) is 39.7 Å². The zero-order valence-corrected chi connectivity index (χ0v) is 24.7. The van der Waals surface area contributed by atoms with E-state index in [2.05, 4.69) is 10.3 Å². The first-order valence-corrected chi connectivity index (χ1v) is 14.7. The van der Waals surface area contributed by atoms with E-state index in [9.17, 15) is 28.3 Å². The highest BCUT2D eigenvalue weighted by molar-refractivity contribution is 6.31. The summed E-state index contributed by atoms with van der Waals surface area (Å²) in [6, 6.07) is 2.64. The number of carboxylic acid groups (broad SMARTS) is 1. The van der Waals surface area contributed by atoms with Crippen LogP contribution in [-0.4, -0.2) is 67.3 Å². The lowest BCUT2D eigenvalue weighted by molar-refractivity contribution is -0.162. The van der Waals surface area contributed by atoms with Gasteiger partial charge >= 0.3 is 5.97 Å². The van der Waals surface area contributed by atoms with Crippen molar-refractivity contribution in [3.8, 4) is 5.75 Å². The van der Waals surface area contributed by atoms with Crippen LogP contribution >= 0.6 is 11.6 Å². The van der Waals surface area contributed by atoms with Crippen molar-refractivity contribution in [2.75, 3.05) is 19.6 Å². The molecule has 10 nitrogen and oxygen atoms in total. The number of hydrogen-bond donors (Lipinski definition) is 1. The van der Waals surface area contributed by atoms with Crippen LogP contribution in [0.4, 0.5) is 8.78 Å². The van der Waals surface area contributed by atoms with E-state index in [0.29, 0.717) is 55.1 Å². The van der Waals surface area contributed by atoms with Crippen LogP contribution in [0, 0.1) is 17.3 Å². The SMILES string of the molecule is C[C@@H]1CC(=O)N(C[C@@H]2c3c(OCc4nnn(C)c4C(F)F)ccc(Cl)c3CCN2C(=O)[C@H]2CCCC[C@]2(C)C(=O)O)C1. The highest BCUT2D eigenvalue weighted by Gasteiger charge is 2.50. The average molecular weight is 608 g/mol. The third-order valence-corrected chi connectivity index (χ3v) is 9.52. The molecule has 0 bridgehead atoms.